The molecule has 0 saturated heterocycles. The van der Waals surface area contributed by atoms with E-state index in [9.17, 15) is 4.39 Å². The van der Waals surface area contributed by atoms with Gasteiger partial charge in [-0.05, 0) is 54.3 Å². The second-order valence-corrected chi connectivity index (χ2v) is 5.05. The van der Waals surface area contributed by atoms with Crippen molar-refractivity contribution < 1.29 is 4.39 Å². The summed E-state index contributed by atoms with van der Waals surface area (Å²) < 4.78 is 13.3. The van der Waals surface area contributed by atoms with Crippen molar-refractivity contribution in [2.45, 2.75) is 19.9 Å². The van der Waals surface area contributed by atoms with E-state index in [4.69, 9.17) is 17.4 Å². The van der Waals surface area contributed by atoms with Crippen LogP contribution in [0.25, 0.3) is 0 Å². The van der Waals surface area contributed by atoms with Gasteiger partial charge in [0.15, 0.2) is 0 Å². The zero-order valence-corrected chi connectivity index (χ0v) is 11.6. The van der Waals surface area contributed by atoms with E-state index in [1.54, 1.807) is 19.1 Å². The number of aryl methyl sites for hydroxylation is 2. The standard InChI is InChI=1S/C15H16ClFN2/c1-9-3-5-12(16)8-13(9)15(19-18)11-4-6-14(17)10(2)7-11/h3-8,15,19H,18H2,1-2H3. The average molecular weight is 279 g/mol. The Morgan fingerprint density at radius 1 is 1.11 bits per heavy atom. The number of nitrogens with two attached hydrogens (primary N) is 1. The molecule has 3 N–H and O–H groups in total. The Morgan fingerprint density at radius 3 is 2.47 bits per heavy atom. The molecule has 0 saturated carbocycles. The predicted molar refractivity (Wildman–Crippen MR) is 76.5 cm³/mol. The number of hydrogen-bond acceptors (Lipinski definition) is 2. The summed E-state index contributed by atoms with van der Waals surface area (Å²) in [6.07, 6.45) is 0. The first-order valence-corrected chi connectivity index (χ1v) is 6.39. The Bertz CT molecular complexity index is 599. The van der Waals surface area contributed by atoms with Crippen LogP contribution < -0.4 is 11.3 Å². The zero-order valence-electron chi connectivity index (χ0n) is 10.9. The molecule has 19 heavy (non-hydrogen) atoms. The molecule has 1 unspecified atom stereocenters. The molecule has 0 heterocycles. The zero-order chi connectivity index (χ0) is 14.0. The van der Waals surface area contributed by atoms with Crippen molar-refractivity contribution in [3.8, 4) is 0 Å². The van der Waals surface area contributed by atoms with Gasteiger partial charge in [0.1, 0.15) is 5.82 Å². The number of hydrazine groups is 1. The van der Waals surface area contributed by atoms with Crippen molar-refractivity contribution >= 4 is 11.6 Å². The van der Waals surface area contributed by atoms with E-state index in [1.165, 1.54) is 6.07 Å². The highest BCUT2D eigenvalue weighted by Crippen LogP contribution is 2.27. The van der Waals surface area contributed by atoms with Gasteiger partial charge in [0.05, 0.1) is 6.04 Å². The molecule has 1 atom stereocenters. The molecule has 0 aliphatic carbocycles. The van der Waals surface area contributed by atoms with Gasteiger partial charge in [-0.3, -0.25) is 5.84 Å². The first-order valence-electron chi connectivity index (χ1n) is 6.01. The molecule has 4 heteroatoms. The minimum Gasteiger partial charge on any atom is -0.271 e. The summed E-state index contributed by atoms with van der Waals surface area (Å²) in [5.74, 6) is 5.44. The first kappa shape index (κ1) is 14.0. The fourth-order valence-corrected chi connectivity index (χ4v) is 2.32. The van der Waals surface area contributed by atoms with Gasteiger partial charge in [0.2, 0.25) is 0 Å². The lowest BCUT2D eigenvalue weighted by atomic mass is 9.94. The topological polar surface area (TPSA) is 38.0 Å². The molecule has 2 aromatic carbocycles. The summed E-state index contributed by atoms with van der Waals surface area (Å²) in [6.45, 7) is 3.73. The summed E-state index contributed by atoms with van der Waals surface area (Å²) in [4.78, 5) is 0. The highest BCUT2D eigenvalue weighted by Gasteiger charge is 2.16. The van der Waals surface area contributed by atoms with Gasteiger partial charge in [0.25, 0.3) is 0 Å². The van der Waals surface area contributed by atoms with E-state index >= 15 is 0 Å². The highest BCUT2D eigenvalue weighted by molar-refractivity contribution is 6.30. The van der Waals surface area contributed by atoms with Crippen molar-refractivity contribution in [1.29, 1.82) is 0 Å². The Balaban J connectivity index is 2.49. The maximum absolute atomic E-state index is 13.3. The summed E-state index contributed by atoms with van der Waals surface area (Å²) in [5, 5.41) is 0.652. The van der Waals surface area contributed by atoms with E-state index in [-0.39, 0.29) is 11.9 Å². The van der Waals surface area contributed by atoms with Gasteiger partial charge in [-0.15, -0.1) is 0 Å². The van der Waals surface area contributed by atoms with Gasteiger partial charge < -0.3 is 0 Å². The lowest BCUT2D eigenvalue weighted by Crippen LogP contribution is -2.29. The number of nitrogens with one attached hydrogen (secondary N) is 1. The predicted octanol–water partition coefficient (Wildman–Crippen LogP) is 3.65. The third-order valence-electron chi connectivity index (χ3n) is 3.23. The summed E-state index contributed by atoms with van der Waals surface area (Å²) >= 11 is 6.03. The van der Waals surface area contributed by atoms with Crippen LogP contribution in [-0.2, 0) is 0 Å². The van der Waals surface area contributed by atoms with Crippen LogP contribution in [-0.4, -0.2) is 0 Å². The Kier molecular flexibility index (Phi) is 4.20. The Hall–Kier alpha value is -1.42. The van der Waals surface area contributed by atoms with E-state index in [0.717, 1.165) is 16.7 Å². The van der Waals surface area contributed by atoms with Crippen LogP contribution in [0.5, 0.6) is 0 Å². The van der Waals surface area contributed by atoms with Crippen molar-refractivity contribution in [2.75, 3.05) is 0 Å². The number of halogens is 2. The first-order chi connectivity index (χ1) is 9.02. The number of hydrogen-bond donors (Lipinski definition) is 2. The highest BCUT2D eigenvalue weighted by atomic mass is 35.5. The molecular weight excluding hydrogens is 263 g/mol. The molecule has 0 aliphatic rings. The van der Waals surface area contributed by atoms with Crippen LogP contribution in [0.1, 0.15) is 28.3 Å². The number of benzene rings is 2. The normalized spacial score (nSPS) is 12.5. The maximum atomic E-state index is 13.3. The molecule has 2 rings (SSSR count). The van der Waals surface area contributed by atoms with Crippen LogP contribution in [0.15, 0.2) is 36.4 Å². The van der Waals surface area contributed by atoms with E-state index in [1.807, 2.05) is 25.1 Å². The molecule has 0 bridgehead atoms. The molecule has 0 fully saturated rings. The molecule has 0 spiro atoms. The molecule has 0 aromatic heterocycles. The molecule has 100 valence electrons. The summed E-state index contributed by atoms with van der Waals surface area (Å²) in [6, 6.07) is 10.4. The lowest BCUT2D eigenvalue weighted by Gasteiger charge is -2.20. The van der Waals surface area contributed by atoms with Crippen LogP contribution >= 0.6 is 11.6 Å². The van der Waals surface area contributed by atoms with Crippen molar-refractivity contribution in [2.24, 2.45) is 5.84 Å². The molecule has 0 aliphatic heterocycles. The van der Waals surface area contributed by atoms with Gasteiger partial charge in [-0.25, -0.2) is 9.82 Å². The van der Waals surface area contributed by atoms with Crippen molar-refractivity contribution in [1.82, 2.24) is 5.43 Å². The minimum absolute atomic E-state index is 0.210. The lowest BCUT2D eigenvalue weighted by molar-refractivity contribution is 0.607. The molecular formula is C15H16ClFN2. The van der Waals surface area contributed by atoms with Crippen LogP contribution in [0.4, 0.5) is 4.39 Å². The van der Waals surface area contributed by atoms with Gasteiger partial charge in [-0.1, -0.05) is 29.8 Å². The van der Waals surface area contributed by atoms with Crippen molar-refractivity contribution in [3.05, 3.63) is 69.5 Å². The third kappa shape index (κ3) is 2.95. The van der Waals surface area contributed by atoms with E-state index in [2.05, 4.69) is 5.43 Å². The van der Waals surface area contributed by atoms with Crippen LogP contribution in [0, 0.1) is 19.7 Å². The Labute approximate surface area is 117 Å². The van der Waals surface area contributed by atoms with E-state index < -0.39 is 0 Å². The summed E-state index contributed by atoms with van der Waals surface area (Å²) in [5.41, 5.74) is 6.34. The second-order valence-electron chi connectivity index (χ2n) is 4.61. The monoisotopic (exact) mass is 278 g/mol. The molecule has 2 nitrogen and oxygen atoms in total. The fourth-order valence-electron chi connectivity index (χ4n) is 2.14. The number of rotatable bonds is 3. The molecule has 0 radical (unpaired) electrons. The Morgan fingerprint density at radius 2 is 1.84 bits per heavy atom. The smallest absolute Gasteiger partial charge is 0.126 e. The van der Waals surface area contributed by atoms with Crippen molar-refractivity contribution in [3.63, 3.8) is 0 Å². The molecule has 2 aromatic rings. The largest absolute Gasteiger partial charge is 0.271 e. The summed E-state index contributed by atoms with van der Waals surface area (Å²) in [7, 11) is 0. The fraction of sp³-hybridized carbons (Fsp3) is 0.200. The van der Waals surface area contributed by atoms with E-state index in [0.29, 0.717) is 10.6 Å². The van der Waals surface area contributed by atoms with Gasteiger partial charge in [0, 0.05) is 5.02 Å². The third-order valence-corrected chi connectivity index (χ3v) is 3.47. The average Bonchev–Trinajstić information content (AvgIpc) is 2.38. The maximum Gasteiger partial charge on any atom is 0.126 e. The molecule has 0 amide bonds. The second kappa shape index (κ2) is 5.70. The van der Waals surface area contributed by atoms with Gasteiger partial charge >= 0.3 is 0 Å². The quantitative estimate of drug-likeness (QED) is 0.664. The van der Waals surface area contributed by atoms with Gasteiger partial charge in [-0.2, -0.15) is 0 Å². The van der Waals surface area contributed by atoms with Crippen LogP contribution in [0.3, 0.4) is 0 Å². The minimum atomic E-state index is -0.220. The van der Waals surface area contributed by atoms with Crippen LogP contribution in [0.2, 0.25) is 5.02 Å². The SMILES string of the molecule is Cc1cc(C(NN)c2cc(Cl)ccc2C)ccc1F.